The second-order valence-electron chi connectivity index (χ2n) is 7.03. The Hall–Kier alpha value is -4.00. The maximum absolute atomic E-state index is 12.5. The van der Waals surface area contributed by atoms with Crippen LogP contribution in [0.4, 0.5) is 11.4 Å². The van der Waals surface area contributed by atoms with Gasteiger partial charge in [-0.15, -0.1) is 11.3 Å². The van der Waals surface area contributed by atoms with Gasteiger partial charge in [-0.05, 0) is 54.5 Å². The molecule has 0 atom stereocenters. The SMILES string of the molecule is Cc1cccc(NC(=O)/C(C#N)=C/c2ccc(Sc3nc4ccccc4s3)c([N+](=O)[O-])c2)c1. The van der Waals surface area contributed by atoms with E-state index in [1.54, 1.807) is 30.3 Å². The first-order valence-corrected chi connectivity index (χ1v) is 11.4. The van der Waals surface area contributed by atoms with Crippen molar-refractivity contribution in [3.8, 4) is 6.07 Å². The standard InChI is InChI=1S/C24H16N4O3S2/c1-15-5-4-6-18(11-15)26-23(29)17(14-25)12-16-9-10-22(20(13-16)28(30)31)33-24-27-19-7-2-3-8-21(19)32-24/h2-13H,1H3,(H,26,29)/b17-12+. The fraction of sp³-hybridized carbons (Fsp3) is 0.0417. The Morgan fingerprint density at radius 3 is 2.73 bits per heavy atom. The average Bonchev–Trinajstić information content (AvgIpc) is 3.20. The molecule has 7 nitrogen and oxygen atoms in total. The van der Waals surface area contributed by atoms with Crippen LogP contribution in [0, 0.1) is 28.4 Å². The molecule has 0 bridgehead atoms. The highest BCUT2D eigenvalue weighted by molar-refractivity contribution is 8.01. The number of anilines is 1. The van der Waals surface area contributed by atoms with Crippen LogP contribution < -0.4 is 5.32 Å². The molecular formula is C24H16N4O3S2. The number of nitrogens with zero attached hydrogens (tertiary/aromatic N) is 3. The number of hydrogen-bond donors (Lipinski definition) is 1. The third kappa shape index (κ3) is 5.26. The lowest BCUT2D eigenvalue weighted by molar-refractivity contribution is -0.387. The van der Waals surface area contributed by atoms with Gasteiger partial charge in [0, 0.05) is 11.8 Å². The number of nitro groups is 1. The van der Waals surface area contributed by atoms with Crippen molar-refractivity contribution >= 4 is 56.7 Å². The zero-order valence-corrected chi connectivity index (χ0v) is 18.9. The Bertz CT molecular complexity index is 1420. The van der Waals surface area contributed by atoms with Crippen LogP contribution in [0.3, 0.4) is 0 Å². The summed E-state index contributed by atoms with van der Waals surface area (Å²) in [4.78, 5) is 28.7. The van der Waals surface area contributed by atoms with Gasteiger partial charge in [-0.1, -0.05) is 42.1 Å². The van der Waals surface area contributed by atoms with Gasteiger partial charge in [0.2, 0.25) is 0 Å². The maximum atomic E-state index is 12.5. The van der Waals surface area contributed by atoms with Crippen LogP contribution in [0.15, 0.2) is 81.5 Å². The number of thiazole rings is 1. The van der Waals surface area contributed by atoms with Crippen molar-refractivity contribution in [2.24, 2.45) is 0 Å². The monoisotopic (exact) mass is 472 g/mol. The van der Waals surface area contributed by atoms with Gasteiger partial charge < -0.3 is 5.32 Å². The summed E-state index contributed by atoms with van der Waals surface area (Å²) in [6.45, 7) is 1.89. The summed E-state index contributed by atoms with van der Waals surface area (Å²) in [6.07, 6.45) is 1.34. The molecule has 1 aromatic heterocycles. The molecule has 4 rings (SSSR count). The number of amides is 1. The van der Waals surface area contributed by atoms with E-state index in [4.69, 9.17) is 0 Å². The average molecular weight is 473 g/mol. The van der Waals surface area contributed by atoms with Crippen LogP contribution in [0.1, 0.15) is 11.1 Å². The van der Waals surface area contributed by atoms with Crippen LogP contribution in [0.25, 0.3) is 16.3 Å². The first kappa shape index (κ1) is 22.2. The minimum Gasteiger partial charge on any atom is -0.321 e. The molecule has 1 amide bonds. The quantitative estimate of drug-likeness (QED) is 0.155. The van der Waals surface area contributed by atoms with E-state index >= 15 is 0 Å². The van der Waals surface area contributed by atoms with Crippen molar-refractivity contribution < 1.29 is 9.72 Å². The highest BCUT2D eigenvalue weighted by Gasteiger charge is 2.18. The number of nitro benzene ring substituents is 1. The predicted octanol–water partition coefficient (Wildman–Crippen LogP) is 6.21. The number of hydrogen-bond acceptors (Lipinski definition) is 7. The van der Waals surface area contributed by atoms with Crippen molar-refractivity contribution in [1.29, 1.82) is 5.26 Å². The fourth-order valence-electron chi connectivity index (χ4n) is 3.08. The van der Waals surface area contributed by atoms with E-state index in [1.807, 2.05) is 43.3 Å². The van der Waals surface area contributed by atoms with Crippen LogP contribution in [0.5, 0.6) is 0 Å². The summed E-state index contributed by atoms with van der Waals surface area (Å²) in [7, 11) is 0. The number of nitriles is 1. The summed E-state index contributed by atoms with van der Waals surface area (Å²) in [6, 6.07) is 21.3. The molecule has 0 saturated carbocycles. The number of nitrogens with one attached hydrogen (secondary N) is 1. The van der Waals surface area contributed by atoms with Gasteiger partial charge in [0.15, 0.2) is 4.34 Å². The third-order valence-electron chi connectivity index (χ3n) is 4.60. The van der Waals surface area contributed by atoms with Gasteiger partial charge in [0.25, 0.3) is 11.6 Å². The molecule has 0 aliphatic carbocycles. The smallest absolute Gasteiger partial charge is 0.283 e. The van der Waals surface area contributed by atoms with Gasteiger partial charge in [-0.25, -0.2) is 4.98 Å². The van der Waals surface area contributed by atoms with Crippen molar-refractivity contribution in [3.05, 3.63) is 93.5 Å². The summed E-state index contributed by atoms with van der Waals surface area (Å²) in [5.74, 6) is -0.585. The molecule has 0 fully saturated rings. The topological polar surface area (TPSA) is 109 Å². The minimum absolute atomic E-state index is 0.121. The number of carbonyl (C=O) groups is 1. The van der Waals surface area contributed by atoms with Crippen molar-refractivity contribution in [1.82, 2.24) is 4.98 Å². The summed E-state index contributed by atoms with van der Waals surface area (Å²) in [5, 5.41) is 23.8. The van der Waals surface area contributed by atoms with E-state index < -0.39 is 10.8 Å². The zero-order valence-electron chi connectivity index (χ0n) is 17.3. The van der Waals surface area contributed by atoms with Gasteiger partial charge in [0.1, 0.15) is 11.6 Å². The first-order valence-electron chi connectivity index (χ1n) is 9.74. The number of benzene rings is 3. The molecule has 0 unspecified atom stereocenters. The second kappa shape index (κ2) is 9.65. The Kier molecular flexibility index (Phi) is 6.49. The molecule has 0 aliphatic heterocycles. The third-order valence-corrected chi connectivity index (χ3v) is 6.77. The van der Waals surface area contributed by atoms with E-state index in [2.05, 4.69) is 10.3 Å². The number of aryl methyl sites for hydroxylation is 1. The Balaban J connectivity index is 1.60. The van der Waals surface area contributed by atoms with Crippen molar-refractivity contribution in [2.45, 2.75) is 16.2 Å². The van der Waals surface area contributed by atoms with Crippen molar-refractivity contribution in [3.63, 3.8) is 0 Å². The van der Waals surface area contributed by atoms with Gasteiger partial charge in [-0.2, -0.15) is 5.26 Å². The molecule has 3 aromatic carbocycles. The molecule has 162 valence electrons. The largest absolute Gasteiger partial charge is 0.321 e. The second-order valence-corrected chi connectivity index (χ2v) is 9.35. The molecule has 33 heavy (non-hydrogen) atoms. The van der Waals surface area contributed by atoms with E-state index in [-0.39, 0.29) is 11.3 Å². The first-order chi connectivity index (χ1) is 15.9. The van der Waals surface area contributed by atoms with E-state index in [9.17, 15) is 20.2 Å². The molecule has 4 aromatic rings. The number of fused-ring (bicyclic) bond motifs is 1. The minimum atomic E-state index is -0.585. The molecule has 0 spiro atoms. The van der Waals surface area contributed by atoms with Crippen LogP contribution in [-0.2, 0) is 4.79 Å². The Morgan fingerprint density at radius 2 is 2.00 bits per heavy atom. The summed E-state index contributed by atoms with van der Waals surface area (Å²) >= 11 is 2.67. The zero-order chi connectivity index (χ0) is 23.4. The lowest BCUT2D eigenvalue weighted by Gasteiger charge is -2.06. The molecule has 0 aliphatic rings. The summed E-state index contributed by atoms with van der Waals surface area (Å²) < 4.78 is 1.69. The predicted molar refractivity (Wildman–Crippen MR) is 130 cm³/mol. The summed E-state index contributed by atoms with van der Waals surface area (Å²) in [5.41, 5.74) is 2.47. The van der Waals surface area contributed by atoms with Crippen molar-refractivity contribution in [2.75, 3.05) is 5.32 Å². The van der Waals surface area contributed by atoms with Gasteiger partial charge in [0.05, 0.1) is 20.0 Å². The van der Waals surface area contributed by atoms with E-state index in [1.165, 1.54) is 35.2 Å². The molecule has 0 saturated heterocycles. The van der Waals surface area contributed by atoms with Gasteiger partial charge in [-0.3, -0.25) is 14.9 Å². The molecule has 0 radical (unpaired) electrons. The molecule has 9 heteroatoms. The lowest BCUT2D eigenvalue weighted by Crippen LogP contribution is -2.13. The maximum Gasteiger partial charge on any atom is 0.283 e. The lowest BCUT2D eigenvalue weighted by atomic mass is 10.1. The Morgan fingerprint density at radius 1 is 1.18 bits per heavy atom. The molecule has 1 heterocycles. The number of carbonyl (C=O) groups excluding carboxylic acids is 1. The van der Waals surface area contributed by atoms with Gasteiger partial charge >= 0.3 is 0 Å². The van der Waals surface area contributed by atoms with E-state index in [0.29, 0.717) is 20.5 Å². The van der Waals surface area contributed by atoms with Crippen LogP contribution in [0.2, 0.25) is 0 Å². The highest BCUT2D eigenvalue weighted by atomic mass is 32.2. The van der Waals surface area contributed by atoms with Crippen LogP contribution >= 0.6 is 23.1 Å². The number of para-hydroxylation sites is 1. The normalized spacial score (nSPS) is 11.2. The van der Waals surface area contributed by atoms with Crippen LogP contribution in [-0.4, -0.2) is 15.8 Å². The number of aromatic nitrogens is 1. The highest BCUT2D eigenvalue weighted by Crippen LogP contribution is 2.39. The Labute approximate surface area is 197 Å². The fourth-order valence-corrected chi connectivity index (χ4v) is 5.19. The molecular weight excluding hydrogens is 456 g/mol. The molecule has 1 N–H and O–H groups in total. The van der Waals surface area contributed by atoms with E-state index in [0.717, 1.165) is 15.8 Å². The number of rotatable bonds is 6.